The summed E-state index contributed by atoms with van der Waals surface area (Å²) >= 11 is 0. The molecule has 0 saturated carbocycles. The predicted molar refractivity (Wildman–Crippen MR) is 61.8 cm³/mol. The van der Waals surface area contributed by atoms with Gasteiger partial charge in [-0.25, -0.2) is 0 Å². The van der Waals surface area contributed by atoms with E-state index in [4.69, 9.17) is 4.74 Å². The van der Waals surface area contributed by atoms with Crippen LogP contribution in [0.5, 0.6) is 0 Å². The van der Waals surface area contributed by atoms with Gasteiger partial charge in [-0.15, -0.1) is 0 Å². The van der Waals surface area contributed by atoms with Gasteiger partial charge in [-0.3, -0.25) is 4.79 Å². The van der Waals surface area contributed by atoms with Crippen LogP contribution >= 0.6 is 0 Å². The van der Waals surface area contributed by atoms with Crippen LogP contribution in [0, 0.1) is 0 Å². The van der Waals surface area contributed by atoms with Crippen molar-refractivity contribution < 1.29 is 9.53 Å². The number of hydrogen-bond donors (Lipinski definition) is 0. The van der Waals surface area contributed by atoms with Gasteiger partial charge in [0.1, 0.15) is 0 Å². The summed E-state index contributed by atoms with van der Waals surface area (Å²) in [6, 6.07) is 10.2. The lowest BCUT2D eigenvalue weighted by Gasteiger charge is -2.36. The van der Waals surface area contributed by atoms with Crippen LogP contribution in [0.3, 0.4) is 0 Å². The van der Waals surface area contributed by atoms with Gasteiger partial charge in [0.05, 0.1) is 19.3 Å². The van der Waals surface area contributed by atoms with Gasteiger partial charge in [0.25, 0.3) is 0 Å². The Kier molecular flexibility index (Phi) is 3.37. The molecule has 1 aliphatic rings. The second-order valence-electron chi connectivity index (χ2n) is 3.85. The third kappa shape index (κ3) is 2.31. The normalized spacial score (nSPS) is 15.2. The molecule has 2 rings (SSSR count). The van der Waals surface area contributed by atoms with Crippen LogP contribution in [-0.4, -0.2) is 30.1 Å². The molecule has 0 spiro atoms. The minimum Gasteiger partial charge on any atom is -0.377 e. The highest BCUT2D eigenvalue weighted by molar-refractivity contribution is 5.87. The van der Waals surface area contributed by atoms with E-state index in [2.05, 4.69) is 6.58 Å². The number of carbonyl (C=O) groups is 1. The summed E-state index contributed by atoms with van der Waals surface area (Å²) in [5.74, 6) is -0.0304. The molecular weight excluding hydrogens is 202 g/mol. The maximum absolute atomic E-state index is 11.7. The van der Waals surface area contributed by atoms with E-state index in [9.17, 15) is 4.79 Å². The number of ether oxygens (including phenoxy) is 1. The second kappa shape index (κ2) is 4.94. The smallest absolute Gasteiger partial charge is 0.246 e. The zero-order chi connectivity index (χ0) is 11.4. The van der Waals surface area contributed by atoms with Crippen molar-refractivity contribution in [3.05, 3.63) is 48.6 Å². The van der Waals surface area contributed by atoms with Crippen LogP contribution in [0.25, 0.3) is 0 Å². The van der Waals surface area contributed by atoms with Crippen molar-refractivity contribution in [2.45, 2.75) is 12.6 Å². The van der Waals surface area contributed by atoms with E-state index in [1.807, 2.05) is 35.2 Å². The first-order chi connectivity index (χ1) is 7.81. The number of amides is 1. The largest absolute Gasteiger partial charge is 0.377 e. The third-order valence-electron chi connectivity index (χ3n) is 2.71. The number of rotatable bonds is 4. The highest BCUT2D eigenvalue weighted by Gasteiger charge is 2.28. The summed E-state index contributed by atoms with van der Waals surface area (Å²) in [5, 5.41) is 0. The van der Waals surface area contributed by atoms with Crippen molar-refractivity contribution in [2.24, 2.45) is 0 Å². The molecule has 0 aromatic heterocycles. The van der Waals surface area contributed by atoms with Gasteiger partial charge in [0, 0.05) is 6.54 Å². The van der Waals surface area contributed by atoms with Crippen LogP contribution in [0.4, 0.5) is 0 Å². The van der Waals surface area contributed by atoms with Crippen molar-refractivity contribution in [2.75, 3.05) is 13.2 Å². The average Bonchev–Trinajstić information content (AvgIpc) is 2.26. The van der Waals surface area contributed by atoms with Crippen molar-refractivity contribution in [1.29, 1.82) is 0 Å². The molecule has 1 fully saturated rings. The lowest BCUT2D eigenvalue weighted by Crippen LogP contribution is -2.50. The Balaban J connectivity index is 2.07. The van der Waals surface area contributed by atoms with E-state index < -0.39 is 0 Å². The van der Waals surface area contributed by atoms with E-state index in [1.165, 1.54) is 6.08 Å². The molecule has 1 aromatic carbocycles. The summed E-state index contributed by atoms with van der Waals surface area (Å²) < 4.78 is 5.12. The molecule has 0 unspecified atom stereocenters. The van der Waals surface area contributed by atoms with E-state index in [1.54, 1.807) is 0 Å². The third-order valence-corrected chi connectivity index (χ3v) is 2.71. The summed E-state index contributed by atoms with van der Waals surface area (Å²) in [5.41, 5.74) is 1.13. The fraction of sp³-hybridized carbons (Fsp3) is 0.308. The van der Waals surface area contributed by atoms with E-state index >= 15 is 0 Å². The molecular formula is C13H15NO2. The highest BCUT2D eigenvalue weighted by atomic mass is 16.5. The first-order valence-electron chi connectivity index (χ1n) is 5.36. The standard InChI is InChI=1S/C13H15NO2/c1-2-13(15)14(12-9-16-10-12)8-11-6-4-3-5-7-11/h2-7,12H,1,8-10H2. The van der Waals surface area contributed by atoms with Crippen molar-refractivity contribution in [3.8, 4) is 0 Å². The molecule has 1 amide bonds. The Morgan fingerprint density at radius 1 is 1.44 bits per heavy atom. The molecule has 16 heavy (non-hydrogen) atoms. The molecule has 0 bridgehead atoms. The first-order valence-corrected chi connectivity index (χ1v) is 5.36. The van der Waals surface area contributed by atoms with Gasteiger partial charge in [-0.2, -0.15) is 0 Å². The van der Waals surface area contributed by atoms with Gasteiger partial charge in [0.15, 0.2) is 0 Å². The molecule has 1 saturated heterocycles. The predicted octanol–water partition coefficient (Wildman–Crippen LogP) is 1.60. The maximum atomic E-state index is 11.7. The topological polar surface area (TPSA) is 29.5 Å². The van der Waals surface area contributed by atoms with Crippen LogP contribution in [0.2, 0.25) is 0 Å². The molecule has 0 aliphatic carbocycles. The van der Waals surface area contributed by atoms with Gasteiger partial charge >= 0.3 is 0 Å². The average molecular weight is 217 g/mol. The van der Waals surface area contributed by atoms with Crippen LogP contribution in [-0.2, 0) is 16.1 Å². The molecule has 1 aromatic rings. The Labute approximate surface area is 95.3 Å². The van der Waals surface area contributed by atoms with Crippen molar-refractivity contribution in [3.63, 3.8) is 0 Å². The number of carbonyl (C=O) groups excluding carboxylic acids is 1. The number of benzene rings is 1. The van der Waals surface area contributed by atoms with Crippen LogP contribution in [0.1, 0.15) is 5.56 Å². The molecule has 3 heteroatoms. The summed E-state index contributed by atoms with van der Waals surface area (Å²) in [6.07, 6.45) is 1.36. The highest BCUT2D eigenvalue weighted by Crippen LogP contribution is 2.15. The van der Waals surface area contributed by atoms with Crippen molar-refractivity contribution >= 4 is 5.91 Å². The molecule has 0 radical (unpaired) electrons. The van der Waals surface area contributed by atoms with Gasteiger partial charge in [-0.05, 0) is 11.6 Å². The lowest BCUT2D eigenvalue weighted by molar-refractivity contribution is -0.140. The first kappa shape index (κ1) is 10.9. The quantitative estimate of drug-likeness (QED) is 0.717. The minimum absolute atomic E-state index is 0.0304. The van der Waals surface area contributed by atoms with Gasteiger partial charge in [-0.1, -0.05) is 36.9 Å². The Hall–Kier alpha value is -1.61. The van der Waals surface area contributed by atoms with E-state index in [-0.39, 0.29) is 11.9 Å². The molecule has 0 atom stereocenters. The second-order valence-corrected chi connectivity index (χ2v) is 3.85. The van der Waals surface area contributed by atoms with Gasteiger partial charge in [0.2, 0.25) is 5.91 Å². The summed E-state index contributed by atoms with van der Waals surface area (Å²) in [7, 11) is 0. The molecule has 1 heterocycles. The lowest BCUT2D eigenvalue weighted by atomic mass is 10.1. The fourth-order valence-electron chi connectivity index (χ4n) is 1.69. The molecule has 84 valence electrons. The number of nitrogens with zero attached hydrogens (tertiary/aromatic N) is 1. The zero-order valence-electron chi connectivity index (χ0n) is 9.13. The minimum atomic E-state index is -0.0304. The maximum Gasteiger partial charge on any atom is 0.246 e. The van der Waals surface area contributed by atoms with Crippen LogP contribution < -0.4 is 0 Å². The fourth-order valence-corrected chi connectivity index (χ4v) is 1.69. The number of hydrogen-bond acceptors (Lipinski definition) is 2. The summed E-state index contributed by atoms with van der Waals surface area (Å²) in [6.45, 7) is 5.42. The zero-order valence-corrected chi connectivity index (χ0v) is 9.13. The van der Waals surface area contributed by atoms with E-state index in [0.29, 0.717) is 19.8 Å². The van der Waals surface area contributed by atoms with Gasteiger partial charge < -0.3 is 9.64 Å². The molecule has 3 nitrogen and oxygen atoms in total. The molecule has 0 N–H and O–H groups in total. The Morgan fingerprint density at radius 2 is 2.12 bits per heavy atom. The monoisotopic (exact) mass is 217 g/mol. The Bertz CT molecular complexity index is 371. The van der Waals surface area contributed by atoms with Crippen molar-refractivity contribution in [1.82, 2.24) is 4.90 Å². The van der Waals surface area contributed by atoms with Crippen LogP contribution in [0.15, 0.2) is 43.0 Å². The molecule has 1 aliphatic heterocycles. The SMILES string of the molecule is C=CC(=O)N(Cc1ccccc1)C1COC1. The van der Waals surface area contributed by atoms with E-state index in [0.717, 1.165) is 5.56 Å². The Morgan fingerprint density at radius 3 is 2.62 bits per heavy atom. The summed E-state index contributed by atoms with van der Waals surface area (Å²) in [4.78, 5) is 13.5.